The lowest BCUT2D eigenvalue weighted by atomic mass is 10.0. The summed E-state index contributed by atoms with van der Waals surface area (Å²) in [6.45, 7) is 6.89. The molecular weight excluding hydrogens is 306 g/mol. The molecule has 3 nitrogen and oxygen atoms in total. The number of ketones is 1. The van der Waals surface area contributed by atoms with Crippen molar-refractivity contribution in [2.75, 3.05) is 20.7 Å². The Morgan fingerprint density at radius 2 is 2.00 bits per heavy atom. The van der Waals surface area contributed by atoms with Crippen molar-refractivity contribution in [2.24, 2.45) is 5.92 Å². The summed E-state index contributed by atoms with van der Waals surface area (Å²) in [5.74, 6) is 1.39. The molecule has 1 aromatic carbocycles. The van der Waals surface area contributed by atoms with E-state index in [0.29, 0.717) is 24.1 Å². The number of halogens is 1. The summed E-state index contributed by atoms with van der Waals surface area (Å²) in [4.78, 5) is 14.3. The van der Waals surface area contributed by atoms with E-state index in [0.717, 1.165) is 10.2 Å². The van der Waals surface area contributed by atoms with Gasteiger partial charge in [0.25, 0.3) is 0 Å². The molecule has 0 heterocycles. The van der Waals surface area contributed by atoms with Crippen molar-refractivity contribution in [3.63, 3.8) is 0 Å². The van der Waals surface area contributed by atoms with E-state index in [1.807, 2.05) is 19.2 Å². The monoisotopic (exact) mass is 327 g/mol. The van der Waals surface area contributed by atoms with E-state index in [-0.39, 0.29) is 5.78 Å². The maximum Gasteiger partial charge on any atom is 0.176 e. The Labute approximate surface area is 124 Å². The molecule has 0 aliphatic rings. The lowest BCUT2D eigenvalue weighted by Crippen LogP contribution is -2.37. The lowest BCUT2D eigenvalue weighted by molar-refractivity contribution is 0.0906. The van der Waals surface area contributed by atoms with Gasteiger partial charge in [0.2, 0.25) is 0 Å². The molecule has 0 N–H and O–H groups in total. The van der Waals surface area contributed by atoms with Gasteiger partial charge in [-0.1, -0.05) is 13.8 Å². The molecule has 4 heteroatoms. The normalized spacial score (nSPS) is 12.8. The molecule has 19 heavy (non-hydrogen) atoms. The Morgan fingerprint density at radius 3 is 2.47 bits per heavy atom. The third kappa shape index (κ3) is 4.32. The molecular formula is C15H22BrNO2. The quantitative estimate of drug-likeness (QED) is 0.747. The standard InChI is InChI=1S/C15H22BrNO2/c1-10(2)11(3)17(4)9-14(18)12-6-7-15(19-5)13(16)8-12/h6-8,10-11H,9H2,1-5H3. The number of rotatable bonds is 6. The van der Waals surface area contributed by atoms with Gasteiger partial charge in [-0.25, -0.2) is 0 Å². The van der Waals surface area contributed by atoms with Crippen molar-refractivity contribution in [1.29, 1.82) is 0 Å². The average molecular weight is 328 g/mol. The topological polar surface area (TPSA) is 29.5 Å². The summed E-state index contributed by atoms with van der Waals surface area (Å²) in [6.07, 6.45) is 0. The van der Waals surface area contributed by atoms with Crippen molar-refractivity contribution >= 4 is 21.7 Å². The Kier molecular flexibility index (Phi) is 6.01. The fourth-order valence-electron chi connectivity index (χ4n) is 1.81. The first kappa shape index (κ1) is 16.2. The highest BCUT2D eigenvalue weighted by atomic mass is 79.9. The van der Waals surface area contributed by atoms with Crippen LogP contribution in [-0.2, 0) is 0 Å². The number of hydrogen-bond acceptors (Lipinski definition) is 3. The Bertz CT molecular complexity index is 446. The van der Waals surface area contributed by atoms with E-state index < -0.39 is 0 Å². The first-order valence-electron chi connectivity index (χ1n) is 6.43. The van der Waals surface area contributed by atoms with Crippen LogP contribution in [0.5, 0.6) is 5.75 Å². The third-order valence-electron chi connectivity index (χ3n) is 3.53. The molecule has 106 valence electrons. The van der Waals surface area contributed by atoms with Gasteiger partial charge >= 0.3 is 0 Å². The van der Waals surface area contributed by atoms with E-state index in [4.69, 9.17) is 4.74 Å². The zero-order valence-corrected chi connectivity index (χ0v) is 13.8. The third-order valence-corrected chi connectivity index (χ3v) is 4.15. The minimum absolute atomic E-state index is 0.123. The van der Waals surface area contributed by atoms with E-state index in [9.17, 15) is 4.79 Å². The number of ether oxygens (including phenoxy) is 1. The first-order chi connectivity index (χ1) is 8.86. The van der Waals surface area contributed by atoms with E-state index in [2.05, 4.69) is 41.6 Å². The minimum atomic E-state index is 0.123. The van der Waals surface area contributed by atoms with Gasteiger partial charge in [-0.2, -0.15) is 0 Å². The van der Waals surface area contributed by atoms with Crippen LogP contribution in [0.2, 0.25) is 0 Å². The number of benzene rings is 1. The number of hydrogen-bond donors (Lipinski definition) is 0. The zero-order chi connectivity index (χ0) is 14.6. The fourth-order valence-corrected chi connectivity index (χ4v) is 2.35. The zero-order valence-electron chi connectivity index (χ0n) is 12.2. The number of carbonyl (C=O) groups excluding carboxylic acids is 1. The van der Waals surface area contributed by atoms with Crippen molar-refractivity contribution in [3.8, 4) is 5.75 Å². The van der Waals surface area contributed by atoms with E-state index in [1.54, 1.807) is 13.2 Å². The van der Waals surface area contributed by atoms with Gasteiger partial charge in [-0.05, 0) is 54.0 Å². The van der Waals surface area contributed by atoms with Gasteiger partial charge in [-0.3, -0.25) is 9.69 Å². The predicted molar refractivity (Wildman–Crippen MR) is 82.0 cm³/mol. The molecule has 0 aliphatic heterocycles. The molecule has 1 unspecified atom stereocenters. The summed E-state index contributed by atoms with van der Waals surface area (Å²) in [6, 6.07) is 5.81. The highest BCUT2D eigenvalue weighted by Crippen LogP contribution is 2.25. The molecule has 0 bridgehead atoms. The van der Waals surface area contributed by atoms with Gasteiger partial charge in [0, 0.05) is 11.6 Å². The molecule has 0 radical (unpaired) electrons. The van der Waals surface area contributed by atoms with E-state index >= 15 is 0 Å². The number of nitrogens with zero attached hydrogens (tertiary/aromatic N) is 1. The van der Waals surface area contributed by atoms with Gasteiger partial charge in [0.05, 0.1) is 18.1 Å². The smallest absolute Gasteiger partial charge is 0.176 e. The molecule has 1 atom stereocenters. The van der Waals surface area contributed by atoms with Gasteiger partial charge < -0.3 is 4.74 Å². The van der Waals surface area contributed by atoms with Crippen LogP contribution >= 0.6 is 15.9 Å². The van der Waals surface area contributed by atoms with Crippen LogP contribution in [0, 0.1) is 5.92 Å². The van der Waals surface area contributed by atoms with Crippen LogP contribution in [0.4, 0.5) is 0 Å². The first-order valence-corrected chi connectivity index (χ1v) is 7.23. The second-order valence-corrected chi connectivity index (χ2v) is 6.03. The van der Waals surface area contributed by atoms with Gasteiger partial charge in [0.1, 0.15) is 5.75 Å². The summed E-state index contributed by atoms with van der Waals surface area (Å²) in [7, 11) is 3.60. The molecule has 0 aromatic heterocycles. The Balaban J connectivity index is 2.76. The number of likely N-dealkylation sites (N-methyl/N-ethyl adjacent to an activating group) is 1. The fraction of sp³-hybridized carbons (Fsp3) is 0.533. The molecule has 0 saturated heterocycles. The number of Topliss-reactive ketones (excluding diaryl/α,β-unsaturated/α-hetero) is 1. The molecule has 0 amide bonds. The Morgan fingerprint density at radius 1 is 1.37 bits per heavy atom. The molecule has 1 aromatic rings. The van der Waals surface area contributed by atoms with Crippen molar-refractivity contribution < 1.29 is 9.53 Å². The van der Waals surface area contributed by atoms with Gasteiger partial charge in [0.15, 0.2) is 5.78 Å². The summed E-state index contributed by atoms with van der Waals surface area (Å²) in [5.41, 5.74) is 0.704. The minimum Gasteiger partial charge on any atom is -0.496 e. The maximum absolute atomic E-state index is 12.2. The second-order valence-electron chi connectivity index (χ2n) is 5.17. The summed E-state index contributed by atoms with van der Waals surface area (Å²) in [5, 5.41) is 0. The van der Waals surface area contributed by atoms with Crippen LogP contribution in [0.1, 0.15) is 31.1 Å². The van der Waals surface area contributed by atoms with Crippen molar-refractivity contribution in [2.45, 2.75) is 26.8 Å². The summed E-state index contributed by atoms with van der Waals surface area (Å²) < 4.78 is 5.97. The largest absolute Gasteiger partial charge is 0.496 e. The molecule has 0 fully saturated rings. The van der Waals surface area contributed by atoms with Crippen LogP contribution in [0.25, 0.3) is 0 Å². The van der Waals surface area contributed by atoms with Crippen LogP contribution < -0.4 is 4.74 Å². The molecule has 0 aliphatic carbocycles. The van der Waals surface area contributed by atoms with Crippen LogP contribution in [0.3, 0.4) is 0 Å². The summed E-state index contributed by atoms with van der Waals surface area (Å²) >= 11 is 3.40. The predicted octanol–water partition coefficient (Wildman–Crippen LogP) is 3.62. The number of carbonyl (C=O) groups is 1. The number of methoxy groups -OCH3 is 1. The highest BCUT2D eigenvalue weighted by Gasteiger charge is 2.17. The molecule has 1 rings (SSSR count). The second kappa shape index (κ2) is 7.06. The average Bonchev–Trinajstić information content (AvgIpc) is 2.37. The van der Waals surface area contributed by atoms with Crippen LogP contribution in [0.15, 0.2) is 22.7 Å². The van der Waals surface area contributed by atoms with Gasteiger partial charge in [-0.15, -0.1) is 0 Å². The van der Waals surface area contributed by atoms with Crippen molar-refractivity contribution in [1.82, 2.24) is 4.90 Å². The van der Waals surface area contributed by atoms with E-state index in [1.165, 1.54) is 0 Å². The lowest BCUT2D eigenvalue weighted by Gasteiger charge is -2.27. The highest BCUT2D eigenvalue weighted by molar-refractivity contribution is 9.10. The van der Waals surface area contributed by atoms with Crippen molar-refractivity contribution in [3.05, 3.63) is 28.2 Å². The SMILES string of the molecule is COc1ccc(C(=O)CN(C)C(C)C(C)C)cc1Br. The Hall–Kier alpha value is -0.870. The molecule has 0 spiro atoms. The van der Waals surface area contributed by atoms with Crippen LogP contribution in [-0.4, -0.2) is 37.4 Å². The molecule has 0 saturated carbocycles. The maximum atomic E-state index is 12.2.